The molecule has 1 saturated heterocycles. The number of halogens is 4. The summed E-state index contributed by atoms with van der Waals surface area (Å²) in [6.07, 6.45) is 3.65. The smallest absolute Gasteiger partial charge is 0.337 e. The average Bonchev–Trinajstić information content (AvgIpc) is 3.64. The molecule has 3 atom stereocenters. The first kappa shape index (κ1) is 31.8. The molecule has 9 nitrogen and oxygen atoms in total. The van der Waals surface area contributed by atoms with Gasteiger partial charge in [0.1, 0.15) is 35.7 Å². The van der Waals surface area contributed by atoms with E-state index in [4.69, 9.17) is 0 Å². The van der Waals surface area contributed by atoms with E-state index >= 15 is 0 Å². The van der Waals surface area contributed by atoms with Gasteiger partial charge in [0.25, 0.3) is 0 Å². The van der Waals surface area contributed by atoms with Crippen molar-refractivity contribution in [2.75, 3.05) is 5.32 Å². The largest absolute Gasteiger partial charge is 0.433 e. The molecule has 0 radical (unpaired) electrons. The van der Waals surface area contributed by atoms with Gasteiger partial charge in [-0.1, -0.05) is 6.92 Å². The lowest BCUT2D eigenvalue weighted by Gasteiger charge is -2.30. The number of fused-ring (bicyclic) bond motifs is 2. The van der Waals surface area contributed by atoms with Crippen molar-refractivity contribution in [3.8, 4) is 11.1 Å². The Hall–Kier alpha value is -5.16. The number of hydrogen-bond acceptors (Lipinski definition) is 6. The summed E-state index contributed by atoms with van der Waals surface area (Å²) in [5.74, 6) is -2.60. The number of anilines is 1. The Morgan fingerprint density at radius 2 is 1.79 bits per heavy atom. The first-order chi connectivity index (χ1) is 22.1. The zero-order valence-electron chi connectivity index (χ0n) is 26.2. The van der Waals surface area contributed by atoms with E-state index < -0.39 is 52.8 Å². The summed E-state index contributed by atoms with van der Waals surface area (Å²) in [6.45, 7) is 7.90. The van der Waals surface area contributed by atoms with Gasteiger partial charge in [0.2, 0.25) is 11.8 Å². The molecule has 47 heavy (non-hydrogen) atoms. The normalized spacial score (nSPS) is 20.2. The van der Waals surface area contributed by atoms with Gasteiger partial charge < -0.3 is 14.8 Å². The van der Waals surface area contributed by atoms with Gasteiger partial charge >= 0.3 is 6.18 Å². The van der Waals surface area contributed by atoms with Crippen LogP contribution in [0.4, 0.5) is 23.4 Å². The van der Waals surface area contributed by atoms with Crippen molar-refractivity contribution in [1.29, 1.82) is 0 Å². The van der Waals surface area contributed by atoms with E-state index in [0.717, 1.165) is 16.7 Å². The molecule has 1 aliphatic carbocycles. The Balaban J connectivity index is 1.35. The molecule has 4 heterocycles. The lowest BCUT2D eigenvalue weighted by atomic mass is 9.84. The van der Waals surface area contributed by atoms with Crippen LogP contribution in [0.15, 0.2) is 54.7 Å². The molecule has 1 aromatic carbocycles. The average molecular weight is 647 g/mol. The van der Waals surface area contributed by atoms with Crippen LogP contribution in [0, 0.1) is 32.0 Å². The van der Waals surface area contributed by atoms with Crippen LogP contribution in [-0.4, -0.2) is 54.1 Å². The highest BCUT2D eigenvalue weighted by molar-refractivity contribution is 6.09. The van der Waals surface area contributed by atoms with Crippen molar-refractivity contribution < 1.29 is 31.9 Å². The van der Waals surface area contributed by atoms with E-state index in [0.29, 0.717) is 22.3 Å². The molecule has 2 amide bonds. The molecule has 1 fully saturated rings. The van der Waals surface area contributed by atoms with E-state index in [-0.39, 0.29) is 30.4 Å². The Kier molecular flexibility index (Phi) is 7.63. The fourth-order valence-corrected chi connectivity index (χ4v) is 6.48. The molecule has 1 N–H and O–H groups in total. The van der Waals surface area contributed by atoms with E-state index in [1.54, 1.807) is 42.2 Å². The van der Waals surface area contributed by atoms with Gasteiger partial charge in [-0.05, 0) is 69.5 Å². The predicted octanol–water partition coefficient (Wildman–Crippen LogP) is 6.12. The van der Waals surface area contributed by atoms with Crippen molar-refractivity contribution in [3.05, 3.63) is 88.7 Å². The molecule has 2 aliphatic rings. The SMILES string of the molecule is CC(=O)c1cn(CC(=O)N2[C@H](C(=O)Nc3nc(C(F)(F)F)cc(F)c3C)C[C@@]3(C)C=C=C[C@@H]23)c2c(C)cc(-c3cnc(C)nc3)cc12. The number of likely N-dealkylation sites (tertiary alicyclic amines) is 1. The molecule has 6 rings (SSSR count). The third-order valence-electron chi connectivity index (χ3n) is 8.91. The van der Waals surface area contributed by atoms with Crippen molar-refractivity contribution in [1.82, 2.24) is 24.4 Å². The number of carbonyl (C=O) groups excluding carboxylic acids is 3. The van der Waals surface area contributed by atoms with Gasteiger partial charge in [-0.3, -0.25) is 14.4 Å². The Morgan fingerprint density at radius 3 is 2.45 bits per heavy atom. The number of benzene rings is 1. The third kappa shape index (κ3) is 5.61. The highest BCUT2D eigenvalue weighted by Crippen LogP contribution is 2.45. The van der Waals surface area contributed by atoms with E-state index in [9.17, 15) is 31.9 Å². The molecule has 3 aromatic heterocycles. The van der Waals surface area contributed by atoms with Gasteiger partial charge in [0.15, 0.2) is 5.78 Å². The number of nitrogens with zero attached hydrogens (tertiary/aromatic N) is 5. The fraction of sp³-hybridized carbons (Fsp3) is 0.324. The van der Waals surface area contributed by atoms with Crippen LogP contribution < -0.4 is 5.32 Å². The molecular formula is C34H30F4N6O3. The van der Waals surface area contributed by atoms with Crippen LogP contribution in [0.25, 0.3) is 22.0 Å². The lowest BCUT2D eigenvalue weighted by Crippen LogP contribution is -2.48. The van der Waals surface area contributed by atoms with Gasteiger partial charge in [-0.2, -0.15) is 13.2 Å². The molecule has 0 unspecified atom stereocenters. The number of rotatable bonds is 6. The standard InChI is InChI=1S/C34H30F4N6O3/c1-17-9-21(22-13-39-20(4)40-14-22)10-23-24(19(3)45)15-43(30(17)23)16-29(46)44-26(12-33(5)8-6-7-28(33)44)32(47)42-31-18(2)25(35)11-27(41-31)34(36,37)38/h7-11,13-15,26,28H,12,16H2,1-5H3,(H,41,42,47)/t26-,28+,33+/m0/s1. The summed E-state index contributed by atoms with van der Waals surface area (Å²) in [4.78, 5) is 54.0. The fourth-order valence-electron chi connectivity index (χ4n) is 6.48. The zero-order valence-corrected chi connectivity index (χ0v) is 26.2. The number of alkyl halides is 3. The molecule has 0 bridgehead atoms. The van der Waals surface area contributed by atoms with Crippen LogP contribution in [-0.2, 0) is 22.3 Å². The number of pyridine rings is 1. The van der Waals surface area contributed by atoms with Gasteiger partial charge in [0.05, 0.1) is 11.6 Å². The quantitative estimate of drug-likeness (QED) is 0.154. The first-order valence-corrected chi connectivity index (χ1v) is 14.8. The van der Waals surface area contributed by atoms with Crippen molar-refractivity contribution in [3.63, 3.8) is 0 Å². The molecule has 4 aromatic rings. The maximum atomic E-state index is 14.4. The second-order valence-electron chi connectivity index (χ2n) is 12.3. The van der Waals surface area contributed by atoms with E-state index in [2.05, 4.69) is 26.0 Å². The van der Waals surface area contributed by atoms with Crippen LogP contribution in [0.3, 0.4) is 0 Å². The lowest BCUT2D eigenvalue weighted by molar-refractivity contribution is -0.141. The molecule has 1 aliphatic heterocycles. The number of hydrogen-bond donors (Lipinski definition) is 1. The number of Topliss-reactive ketones (excluding diaryl/α,β-unsaturated/α-hetero) is 1. The molecular weight excluding hydrogens is 616 g/mol. The molecule has 242 valence electrons. The van der Waals surface area contributed by atoms with Crippen molar-refractivity contribution in [2.45, 2.75) is 65.8 Å². The summed E-state index contributed by atoms with van der Waals surface area (Å²) >= 11 is 0. The predicted molar refractivity (Wildman–Crippen MR) is 165 cm³/mol. The maximum absolute atomic E-state index is 14.4. The second kappa shape index (κ2) is 11.3. The number of aromatic nitrogens is 4. The van der Waals surface area contributed by atoms with Gasteiger partial charge in [-0.15, -0.1) is 5.73 Å². The molecule has 0 spiro atoms. The highest BCUT2D eigenvalue weighted by atomic mass is 19.4. The van der Waals surface area contributed by atoms with E-state index in [1.165, 1.54) is 18.7 Å². The number of aryl methyl sites for hydroxylation is 2. The third-order valence-corrected chi connectivity index (χ3v) is 8.91. The Bertz CT molecular complexity index is 2050. The Morgan fingerprint density at radius 1 is 1.09 bits per heavy atom. The summed E-state index contributed by atoms with van der Waals surface area (Å²) in [5.41, 5.74) is 3.99. The topological polar surface area (TPSA) is 110 Å². The summed E-state index contributed by atoms with van der Waals surface area (Å²) in [5, 5.41) is 2.99. The highest BCUT2D eigenvalue weighted by Gasteiger charge is 2.53. The monoisotopic (exact) mass is 646 g/mol. The maximum Gasteiger partial charge on any atom is 0.433 e. The number of amides is 2. The summed E-state index contributed by atoms with van der Waals surface area (Å²) in [7, 11) is 0. The summed E-state index contributed by atoms with van der Waals surface area (Å²) < 4.78 is 56.2. The number of ketones is 1. The second-order valence-corrected chi connectivity index (χ2v) is 12.3. The molecule has 13 heteroatoms. The Labute approximate surface area is 267 Å². The minimum Gasteiger partial charge on any atom is -0.337 e. The summed E-state index contributed by atoms with van der Waals surface area (Å²) in [6, 6.07) is 2.35. The number of nitrogens with one attached hydrogen (secondary N) is 1. The van der Waals surface area contributed by atoms with Crippen LogP contribution >= 0.6 is 0 Å². The first-order valence-electron chi connectivity index (χ1n) is 14.8. The molecule has 0 saturated carbocycles. The van der Waals surface area contributed by atoms with Crippen LogP contribution in [0.5, 0.6) is 0 Å². The van der Waals surface area contributed by atoms with Crippen molar-refractivity contribution in [2.24, 2.45) is 5.41 Å². The number of carbonyl (C=O) groups is 3. The minimum atomic E-state index is -4.94. The van der Waals surface area contributed by atoms with Gasteiger partial charge in [0, 0.05) is 52.1 Å². The minimum absolute atomic E-state index is 0.144. The van der Waals surface area contributed by atoms with Crippen LogP contribution in [0.2, 0.25) is 0 Å². The van der Waals surface area contributed by atoms with E-state index in [1.807, 2.05) is 26.0 Å². The zero-order chi connectivity index (χ0) is 34.0. The van der Waals surface area contributed by atoms with Crippen molar-refractivity contribution >= 4 is 34.3 Å². The van der Waals surface area contributed by atoms with Gasteiger partial charge in [-0.25, -0.2) is 19.3 Å². The van der Waals surface area contributed by atoms with Crippen LogP contribution in [0.1, 0.15) is 53.3 Å².